The summed E-state index contributed by atoms with van der Waals surface area (Å²) >= 11 is 0. The van der Waals surface area contributed by atoms with E-state index in [1.807, 2.05) is 6.07 Å². The first-order valence-corrected chi connectivity index (χ1v) is 11.6. The van der Waals surface area contributed by atoms with Gasteiger partial charge in [0.05, 0.1) is 18.2 Å². The van der Waals surface area contributed by atoms with Crippen LogP contribution in [-0.2, 0) is 6.54 Å². The molecule has 176 valence electrons. The van der Waals surface area contributed by atoms with Gasteiger partial charge in [-0.1, -0.05) is 25.5 Å². The Kier molecular flexibility index (Phi) is 5.87. The minimum Gasteiger partial charge on any atom is -0.507 e. The summed E-state index contributed by atoms with van der Waals surface area (Å²) in [6.07, 6.45) is 4.41. The molecular weight excluding hydrogens is 434 g/mol. The van der Waals surface area contributed by atoms with Crippen LogP contribution in [0.3, 0.4) is 0 Å². The lowest BCUT2D eigenvalue weighted by molar-refractivity contribution is 0.135. The topological polar surface area (TPSA) is 93.1 Å². The third-order valence-electron chi connectivity index (χ3n) is 6.81. The summed E-state index contributed by atoms with van der Waals surface area (Å²) in [6, 6.07) is 12.0. The lowest BCUT2D eigenvalue weighted by Gasteiger charge is -2.35. The van der Waals surface area contributed by atoms with Crippen LogP contribution in [0.15, 0.2) is 60.9 Å². The quantitative estimate of drug-likeness (QED) is 0.416. The van der Waals surface area contributed by atoms with Crippen molar-refractivity contribution in [3.8, 4) is 22.6 Å². The van der Waals surface area contributed by atoms with Gasteiger partial charge in [0.15, 0.2) is 11.3 Å². The Balaban J connectivity index is 1.70. The first-order chi connectivity index (χ1) is 16.5. The normalized spacial score (nSPS) is 16.8. The monoisotopic (exact) mass is 461 g/mol. The summed E-state index contributed by atoms with van der Waals surface area (Å²) in [5, 5.41) is 12.0. The van der Waals surface area contributed by atoms with Crippen molar-refractivity contribution in [1.82, 2.24) is 4.90 Å². The molecule has 1 fully saturated rings. The summed E-state index contributed by atoms with van der Waals surface area (Å²) in [5.41, 5.74) is 0.693. The second-order valence-electron chi connectivity index (χ2n) is 8.77. The van der Waals surface area contributed by atoms with Gasteiger partial charge in [-0.2, -0.15) is 0 Å². The van der Waals surface area contributed by atoms with Gasteiger partial charge >= 0.3 is 11.3 Å². The molecule has 0 unspecified atom stereocenters. The molecule has 1 atom stereocenters. The summed E-state index contributed by atoms with van der Waals surface area (Å²) in [5.74, 6) is 0.529. The maximum Gasteiger partial charge on any atom is 0.344 e. The zero-order chi connectivity index (χ0) is 23.8. The first-order valence-electron chi connectivity index (χ1n) is 11.6. The van der Waals surface area contributed by atoms with Crippen LogP contribution < -0.4 is 16.0 Å². The van der Waals surface area contributed by atoms with Gasteiger partial charge in [-0.05, 0) is 50.1 Å². The predicted octanol–water partition coefficient (Wildman–Crippen LogP) is 5.05. The Morgan fingerprint density at radius 1 is 1.06 bits per heavy atom. The molecule has 7 heteroatoms. The molecule has 5 rings (SSSR count). The summed E-state index contributed by atoms with van der Waals surface area (Å²) in [4.78, 5) is 27.9. The van der Waals surface area contributed by atoms with Gasteiger partial charge in [0, 0.05) is 35.0 Å². The standard InChI is InChI=1S/C27H27NO6/c1-3-17-8-4-5-12-28(17)15-21-22(29)11-10-18-19(14-24(30)33-26(18)21)20-13-16-7-6-9-23(32-2)25(16)34-27(20)31/h6-7,9-11,13-14,17,29H,3-5,8,12,15H2,1-2H3/t17-/m0/s1. The number of rotatable bonds is 5. The molecular formula is C27H27NO6. The molecule has 4 aromatic rings. The molecule has 0 amide bonds. The number of benzene rings is 2. The Labute approximate surface area is 196 Å². The van der Waals surface area contributed by atoms with E-state index in [0.29, 0.717) is 51.4 Å². The average Bonchev–Trinajstić information content (AvgIpc) is 2.85. The van der Waals surface area contributed by atoms with Crippen molar-refractivity contribution < 1.29 is 18.7 Å². The van der Waals surface area contributed by atoms with Gasteiger partial charge in [-0.25, -0.2) is 9.59 Å². The zero-order valence-electron chi connectivity index (χ0n) is 19.3. The van der Waals surface area contributed by atoms with Crippen molar-refractivity contribution >= 4 is 21.9 Å². The molecule has 1 aliphatic rings. The average molecular weight is 462 g/mol. The number of likely N-dealkylation sites (tertiary alicyclic amines) is 1. The molecule has 0 radical (unpaired) electrons. The van der Waals surface area contributed by atoms with Crippen LogP contribution in [0, 0.1) is 0 Å². The minimum absolute atomic E-state index is 0.0727. The van der Waals surface area contributed by atoms with Gasteiger partial charge in [0.1, 0.15) is 11.3 Å². The number of aromatic hydroxyl groups is 1. The number of hydrogen-bond donors (Lipinski definition) is 1. The second kappa shape index (κ2) is 8.99. The number of phenolic OH excluding ortho intramolecular Hbond substituents is 1. The van der Waals surface area contributed by atoms with E-state index >= 15 is 0 Å². The van der Waals surface area contributed by atoms with E-state index in [9.17, 15) is 14.7 Å². The molecule has 1 aliphatic heterocycles. The van der Waals surface area contributed by atoms with Crippen LogP contribution in [-0.4, -0.2) is 29.7 Å². The highest BCUT2D eigenvalue weighted by molar-refractivity contribution is 5.97. The number of methoxy groups -OCH3 is 1. The van der Waals surface area contributed by atoms with Crippen LogP contribution in [0.2, 0.25) is 0 Å². The second-order valence-corrected chi connectivity index (χ2v) is 8.77. The number of hydrogen-bond acceptors (Lipinski definition) is 7. The fraction of sp³-hybridized carbons (Fsp3) is 0.333. The molecule has 0 saturated carbocycles. The molecule has 1 saturated heterocycles. The van der Waals surface area contributed by atoms with Gasteiger partial charge in [-0.15, -0.1) is 0 Å². The van der Waals surface area contributed by atoms with Crippen LogP contribution in [0.5, 0.6) is 11.5 Å². The van der Waals surface area contributed by atoms with Crippen molar-refractivity contribution in [3.63, 3.8) is 0 Å². The van der Waals surface area contributed by atoms with E-state index < -0.39 is 11.3 Å². The highest BCUT2D eigenvalue weighted by Gasteiger charge is 2.24. The first kappa shape index (κ1) is 22.2. The fourth-order valence-electron chi connectivity index (χ4n) is 5.05. The van der Waals surface area contributed by atoms with Crippen molar-refractivity contribution in [1.29, 1.82) is 0 Å². The van der Waals surface area contributed by atoms with E-state index in [4.69, 9.17) is 13.6 Å². The predicted molar refractivity (Wildman–Crippen MR) is 131 cm³/mol. The van der Waals surface area contributed by atoms with Gasteiger partial charge in [-0.3, -0.25) is 4.90 Å². The van der Waals surface area contributed by atoms with Crippen molar-refractivity contribution in [2.24, 2.45) is 0 Å². The lowest BCUT2D eigenvalue weighted by Crippen LogP contribution is -2.38. The van der Waals surface area contributed by atoms with Crippen molar-refractivity contribution in [3.05, 3.63) is 68.9 Å². The molecule has 1 N–H and O–H groups in total. The number of fused-ring (bicyclic) bond motifs is 2. The van der Waals surface area contributed by atoms with Crippen LogP contribution >= 0.6 is 0 Å². The molecule has 34 heavy (non-hydrogen) atoms. The number of nitrogens with zero attached hydrogens (tertiary/aromatic N) is 1. The highest BCUT2D eigenvalue weighted by atomic mass is 16.5. The van der Waals surface area contributed by atoms with Crippen molar-refractivity contribution in [2.75, 3.05) is 13.7 Å². The van der Waals surface area contributed by atoms with E-state index in [1.165, 1.54) is 19.6 Å². The Bertz CT molecular complexity index is 1480. The van der Waals surface area contributed by atoms with E-state index in [2.05, 4.69) is 11.8 Å². The molecule has 3 heterocycles. The fourth-order valence-corrected chi connectivity index (χ4v) is 5.05. The van der Waals surface area contributed by atoms with Crippen LogP contribution in [0.1, 0.15) is 38.2 Å². The number of ether oxygens (including phenoxy) is 1. The Hall–Kier alpha value is -3.58. The number of phenols is 1. The third kappa shape index (κ3) is 3.86. The molecule has 2 aromatic heterocycles. The summed E-state index contributed by atoms with van der Waals surface area (Å²) < 4.78 is 16.5. The zero-order valence-corrected chi connectivity index (χ0v) is 19.3. The summed E-state index contributed by atoms with van der Waals surface area (Å²) in [7, 11) is 1.51. The number of piperidine rings is 1. The van der Waals surface area contributed by atoms with Crippen LogP contribution in [0.25, 0.3) is 33.1 Å². The number of para-hydroxylation sites is 1. The molecule has 0 spiro atoms. The van der Waals surface area contributed by atoms with Gasteiger partial charge in [0.25, 0.3) is 0 Å². The largest absolute Gasteiger partial charge is 0.507 e. The molecule has 0 bridgehead atoms. The SMILES string of the molecule is CC[C@H]1CCCCN1Cc1c(O)ccc2c(-c3cc4cccc(OC)c4oc3=O)cc(=O)oc12. The maximum atomic E-state index is 13.0. The van der Waals surface area contributed by atoms with Gasteiger partial charge < -0.3 is 18.7 Å². The molecule has 0 aliphatic carbocycles. The van der Waals surface area contributed by atoms with E-state index in [1.54, 1.807) is 30.3 Å². The smallest absolute Gasteiger partial charge is 0.344 e. The maximum absolute atomic E-state index is 13.0. The minimum atomic E-state index is -0.592. The molecule has 7 nitrogen and oxygen atoms in total. The van der Waals surface area contributed by atoms with E-state index in [0.717, 1.165) is 25.8 Å². The van der Waals surface area contributed by atoms with E-state index in [-0.39, 0.29) is 11.3 Å². The van der Waals surface area contributed by atoms with Crippen molar-refractivity contribution in [2.45, 2.75) is 45.2 Å². The Morgan fingerprint density at radius 2 is 1.91 bits per heavy atom. The highest BCUT2D eigenvalue weighted by Crippen LogP contribution is 2.35. The summed E-state index contributed by atoms with van der Waals surface area (Å²) in [6.45, 7) is 3.56. The van der Waals surface area contributed by atoms with Gasteiger partial charge in [0.2, 0.25) is 0 Å². The molecule has 2 aromatic carbocycles. The van der Waals surface area contributed by atoms with Crippen LogP contribution in [0.4, 0.5) is 0 Å². The third-order valence-corrected chi connectivity index (χ3v) is 6.81. The lowest BCUT2D eigenvalue weighted by atomic mass is 9.97. The Morgan fingerprint density at radius 3 is 2.71 bits per heavy atom.